The van der Waals surface area contributed by atoms with Gasteiger partial charge < -0.3 is 0 Å². The van der Waals surface area contributed by atoms with Crippen molar-refractivity contribution in [1.82, 2.24) is 0 Å². The fraction of sp³-hybridized carbons (Fsp3) is 0. The second-order valence-electron chi connectivity index (χ2n) is 16.3. The molecule has 0 N–H and O–H groups in total. The van der Waals surface area contributed by atoms with E-state index in [1.165, 1.54) is 121 Å². The van der Waals surface area contributed by atoms with E-state index in [0.717, 1.165) is 0 Å². The Hall–Kier alpha value is -8.06. The van der Waals surface area contributed by atoms with E-state index in [1.807, 2.05) is 0 Å². The number of hydrogen-bond donors (Lipinski definition) is 0. The predicted molar refractivity (Wildman–Crippen MR) is 267 cm³/mol. The molecule has 12 aromatic rings. The number of rotatable bonds is 6. The maximum absolute atomic E-state index is 2.45. The second-order valence-corrected chi connectivity index (χ2v) is 16.3. The fourth-order valence-corrected chi connectivity index (χ4v) is 9.95. The first kappa shape index (κ1) is 35.8. The Labute approximate surface area is 361 Å². The molecule has 0 amide bonds. The summed E-state index contributed by atoms with van der Waals surface area (Å²) in [7, 11) is 0. The van der Waals surface area contributed by atoms with Crippen molar-refractivity contribution in [1.29, 1.82) is 0 Å². The van der Waals surface area contributed by atoms with E-state index in [9.17, 15) is 0 Å². The van der Waals surface area contributed by atoms with E-state index in [4.69, 9.17) is 0 Å². The quantitative estimate of drug-likeness (QED) is 0.147. The molecule has 0 spiro atoms. The lowest BCUT2D eigenvalue weighted by Crippen LogP contribution is -1.96. The fourth-order valence-electron chi connectivity index (χ4n) is 9.95. The van der Waals surface area contributed by atoms with Gasteiger partial charge in [-0.25, -0.2) is 0 Å². The summed E-state index contributed by atoms with van der Waals surface area (Å²) in [6, 6.07) is 89.6. The summed E-state index contributed by atoms with van der Waals surface area (Å²) in [5.74, 6) is 0. The molecule has 288 valence electrons. The van der Waals surface area contributed by atoms with Crippen LogP contribution in [0.15, 0.2) is 243 Å². The zero-order valence-corrected chi connectivity index (χ0v) is 34.1. The molecular weight excluding hydrogens is 745 g/mol. The van der Waals surface area contributed by atoms with Crippen molar-refractivity contribution >= 4 is 53.9 Å². The van der Waals surface area contributed by atoms with Gasteiger partial charge in [0.25, 0.3) is 0 Å². The van der Waals surface area contributed by atoms with E-state index < -0.39 is 0 Å². The Bertz CT molecular complexity index is 3390. The minimum absolute atomic E-state index is 1.20. The lowest BCUT2D eigenvalue weighted by atomic mass is 9.80. The summed E-state index contributed by atoms with van der Waals surface area (Å²) < 4.78 is 0. The van der Waals surface area contributed by atoms with E-state index in [0.29, 0.717) is 0 Å². The van der Waals surface area contributed by atoms with Crippen molar-refractivity contribution in [3.05, 3.63) is 243 Å². The Morgan fingerprint density at radius 2 is 0.468 bits per heavy atom. The van der Waals surface area contributed by atoms with Gasteiger partial charge >= 0.3 is 0 Å². The van der Waals surface area contributed by atoms with E-state index in [-0.39, 0.29) is 0 Å². The van der Waals surface area contributed by atoms with Gasteiger partial charge in [0.15, 0.2) is 0 Å². The van der Waals surface area contributed by atoms with Crippen molar-refractivity contribution in [2.45, 2.75) is 0 Å². The molecule has 0 aliphatic rings. The van der Waals surface area contributed by atoms with E-state index in [2.05, 4.69) is 243 Å². The highest BCUT2D eigenvalue weighted by molar-refractivity contribution is 6.27. The Kier molecular flexibility index (Phi) is 8.61. The number of fused-ring (bicyclic) bond motifs is 5. The average Bonchev–Trinajstić information content (AvgIpc) is 3.35. The van der Waals surface area contributed by atoms with Gasteiger partial charge in [0.2, 0.25) is 0 Å². The van der Waals surface area contributed by atoms with Crippen LogP contribution < -0.4 is 0 Å². The molecule has 0 unspecified atom stereocenters. The monoisotopic (exact) mass is 784 g/mol. The van der Waals surface area contributed by atoms with Crippen LogP contribution in [0.2, 0.25) is 0 Å². The molecule has 0 saturated carbocycles. The van der Waals surface area contributed by atoms with Crippen LogP contribution in [0.5, 0.6) is 0 Å². The minimum atomic E-state index is 1.20. The molecule has 0 bridgehead atoms. The van der Waals surface area contributed by atoms with Gasteiger partial charge in [0.1, 0.15) is 0 Å². The molecule has 0 nitrogen and oxygen atoms in total. The van der Waals surface area contributed by atoms with Crippen molar-refractivity contribution in [3.63, 3.8) is 0 Å². The molecule has 0 heteroatoms. The van der Waals surface area contributed by atoms with Gasteiger partial charge in [-0.05, 0) is 133 Å². The summed E-state index contributed by atoms with van der Waals surface area (Å²) >= 11 is 0. The lowest BCUT2D eigenvalue weighted by Gasteiger charge is -2.23. The molecular formula is C62H40. The molecule has 0 saturated heterocycles. The van der Waals surface area contributed by atoms with Crippen molar-refractivity contribution < 1.29 is 0 Å². The van der Waals surface area contributed by atoms with Crippen LogP contribution in [0.25, 0.3) is 121 Å². The topological polar surface area (TPSA) is 0 Å². The van der Waals surface area contributed by atoms with Gasteiger partial charge in [-0.1, -0.05) is 231 Å². The normalized spacial score (nSPS) is 11.5. The molecule has 0 atom stereocenters. The molecule has 0 aromatic heterocycles. The Morgan fingerprint density at radius 3 is 0.871 bits per heavy atom. The first-order chi connectivity index (χ1) is 30.8. The average molecular weight is 785 g/mol. The van der Waals surface area contributed by atoms with Gasteiger partial charge in [0, 0.05) is 0 Å². The van der Waals surface area contributed by atoms with Crippen molar-refractivity contribution in [2.75, 3.05) is 0 Å². The molecule has 12 rings (SSSR count). The van der Waals surface area contributed by atoms with Crippen LogP contribution in [0.1, 0.15) is 0 Å². The second kappa shape index (κ2) is 14.9. The highest BCUT2D eigenvalue weighted by atomic mass is 14.3. The third kappa shape index (κ3) is 5.99. The van der Waals surface area contributed by atoms with Crippen LogP contribution in [0.3, 0.4) is 0 Å². The molecule has 0 heterocycles. The Morgan fingerprint density at radius 1 is 0.161 bits per heavy atom. The molecule has 0 aliphatic carbocycles. The van der Waals surface area contributed by atoms with Gasteiger partial charge in [0.05, 0.1) is 0 Å². The Balaban J connectivity index is 1.18. The highest BCUT2D eigenvalue weighted by Gasteiger charge is 2.23. The van der Waals surface area contributed by atoms with Crippen LogP contribution in [-0.4, -0.2) is 0 Å². The third-order valence-corrected chi connectivity index (χ3v) is 12.8. The minimum Gasteiger partial charge on any atom is -0.0622 e. The number of hydrogen-bond acceptors (Lipinski definition) is 0. The van der Waals surface area contributed by atoms with Crippen molar-refractivity contribution in [3.8, 4) is 66.8 Å². The molecule has 0 fully saturated rings. The molecule has 0 aliphatic heterocycles. The SMILES string of the molecule is c1ccc(-c2ccc(-c3c(-c4c5ccccc5c(-c5ccc6ccccc6c5-c5ccc(-c6ccccc6)cc5)c5cc6ccccc6cc45)ccc4ccccc34)cc2)cc1. The highest BCUT2D eigenvalue weighted by Crippen LogP contribution is 2.51. The van der Waals surface area contributed by atoms with Crippen LogP contribution >= 0.6 is 0 Å². The first-order valence-electron chi connectivity index (χ1n) is 21.5. The summed E-state index contributed by atoms with van der Waals surface area (Å²) in [6.45, 7) is 0. The van der Waals surface area contributed by atoms with Crippen LogP contribution in [0.4, 0.5) is 0 Å². The van der Waals surface area contributed by atoms with E-state index >= 15 is 0 Å². The van der Waals surface area contributed by atoms with Gasteiger partial charge in [-0.3, -0.25) is 0 Å². The summed E-state index contributed by atoms with van der Waals surface area (Å²) in [4.78, 5) is 0. The zero-order chi connectivity index (χ0) is 41.0. The smallest absolute Gasteiger partial charge is 0.00197 e. The zero-order valence-electron chi connectivity index (χ0n) is 34.1. The maximum Gasteiger partial charge on any atom is -0.00197 e. The van der Waals surface area contributed by atoms with Crippen LogP contribution in [-0.2, 0) is 0 Å². The van der Waals surface area contributed by atoms with Crippen molar-refractivity contribution in [2.24, 2.45) is 0 Å². The van der Waals surface area contributed by atoms with E-state index in [1.54, 1.807) is 0 Å². The standard InChI is InChI=1S/C62H40/c1-3-15-41(16-4-1)43-27-31-47(32-28-43)59-51-23-11-9-19-45(51)35-37-55(59)61-53-25-13-14-26-54(53)62(58-40-50-22-8-7-21-49(50)39-57(58)61)56-38-36-46-20-10-12-24-52(46)60(56)48-33-29-44(30-34-48)42-17-5-2-6-18-42/h1-40H. The largest absolute Gasteiger partial charge is 0.0622 e. The molecule has 12 aromatic carbocycles. The van der Waals surface area contributed by atoms with Gasteiger partial charge in [-0.2, -0.15) is 0 Å². The third-order valence-electron chi connectivity index (χ3n) is 12.8. The lowest BCUT2D eigenvalue weighted by molar-refractivity contribution is 1.60. The summed E-state index contributed by atoms with van der Waals surface area (Å²) in [6.07, 6.45) is 0. The van der Waals surface area contributed by atoms with Gasteiger partial charge in [-0.15, -0.1) is 0 Å². The maximum atomic E-state index is 2.45. The summed E-state index contributed by atoms with van der Waals surface area (Å²) in [5.41, 5.74) is 14.7. The molecule has 0 radical (unpaired) electrons. The van der Waals surface area contributed by atoms with Crippen LogP contribution in [0, 0.1) is 0 Å². The predicted octanol–water partition coefficient (Wildman–Crippen LogP) is 17.5. The number of benzene rings is 12. The first-order valence-corrected chi connectivity index (χ1v) is 21.5. The molecule has 62 heavy (non-hydrogen) atoms. The summed E-state index contributed by atoms with van der Waals surface area (Å²) in [5, 5.41) is 12.4.